The molecule has 0 bridgehead atoms. The largest absolute Gasteiger partial charge is 0.217 e. The van der Waals surface area contributed by atoms with Crippen molar-refractivity contribution in [2.75, 3.05) is 0 Å². The van der Waals surface area contributed by atoms with Crippen molar-refractivity contribution in [3.8, 4) is 11.3 Å². The second kappa shape index (κ2) is 3.40. The van der Waals surface area contributed by atoms with Gasteiger partial charge in [0, 0.05) is 5.56 Å². The third kappa shape index (κ3) is 1.32. The van der Waals surface area contributed by atoms with Crippen molar-refractivity contribution < 1.29 is 0 Å². The van der Waals surface area contributed by atoms with Crippen LogP contribution in [0.2, 0.25) is 0 Å². The van der Waals surface area contributed by atoms with Gasteiger partial charge in [-0.15, -0.1) is 5.10 Å². The first-order chi connectivity index (χ1) is 8.33. The molecule has 0 saturated heterocycles. The normalized spacial score (nSPS) is 13.7. The van der Waals surface area contributed by atoms with Crippen molar-refractivity contribution in [2.24, 2.45) is 0 Å². The van der Waals surface area contributed by atoms with E-state index >= 15 is 0 Å². The highest BCUT2D eigenvalue weighted by molar-refractivity contribution is 9.11. The third-order valence-corrected chi connectivity index (χ3v) is 4.52. The zero-order valence-corrected chi connectivity index (χ0v) is 11.3. The van der Waals surface area contributed by atoms with Crippen molar-refractivity contribution in [1.82, 2.24) is 14.6 Å². The highest BCUT2D eigenvalue weighted by Crippen LogP contribution is 2.34. The fourth-order valence-electron chi connectivity index (χ4n) is 2.43. The number of halogens is 1. The van der Waals surface area contributed by atoms with Gasteiger partial charge in [-0.25, -0.2) is 9.50 Å². The van der Waals surface area contributed by atoms with Gasteiger partial charge in [-0.2, -0.15) is 0 Å². The Kier molecular flexibility index (Phi) is 1.96. The van der Waals surface area contributed by atoms with E-state index in [0.29, 0.717) is 0 Å². The standard InChI is InChI=1S/C12H8BrN3S/c13-11-15-16-9-6-5-7-3-1-2-4-8(7)10(9)14-12(16)17-11/h1-4H,5-6H2. The average molecular weight is 306 g/mol. The Hall–Kier alpha value is -1.20. The Bertz CT molecular complexity index is 729. The van der Waals surface area contributed by atoms with Crippen LogP contribution in [0.5, 0.6) is 0 Å². The summed E-state index contributed by atoms with van der Waals surface area (Å²) in [7, 11) is 0. The molecule has 0 N–H and O–H groups in total. The lowest BCUT2D eigenvalue weighted by molar-refractivity contribution is 0.820. The second-order valence-electron chi connectivity index (χ2n) is 4.11. The van der Waals surface area contributed by atoms with Gasteiger partial charge in [0.2, 0.25) is 4.96 Å². The van der Waals surface area contributed by atoms with E-state index in [1.165, 1.54) is 16.8 Å². The predicted octanol–water partition coefficient (Wildman–Crippen LogP) is 3.32. The summed E-state index contributed by atoms with van der Waals surface area (Å²) >= 11 is 4.99. The van der Waals surface area contributed by atoms with E-state index in [0.717, 1.165) is 27.4 Å². The fraction of sp³-hybridized carbons (Fsp3) is 0.167. The van der Waals surface area contributed by atoms with Crippen LogP contribution in [-0.2, 0) is 12.8 Å². The molecule has 0 aliphatic heterocycles. The Morgan fingerprint density at radius 3 is 3.06 bits per heavy atom. The number of benzene rings is 1. The second-order valence-corrected chi connectivity index (χ2v) is 6.35. The van der Waals surface area contributed by atoms with E-state index in [9.17, 15) is 0 Å². The van der Waals surface area contributed by atoms with E-state index in [-0.39, 0.29) is 0 Å². The molecule has 0 radical (unpaired) electrons. The summed E-state index contributed by atoms with van der Waals surface area (Å²) in [5.41, 5.74) is 5.01. The van der Waals surface area contributed by atoms with E-state index in [1.807, 2.05) is 4.52 Å². The lowest BCUT2D eigenvalue weighted by Gasteiger charge is -2.14. The smallest absolute Gasteiger partial charge is 0.213 e. The van der Waals surface area contributed by atoms with Crippen LogP contribution in [0, 0.1) is 0 Å². The number of imidazole rings is 1. The molecule has 2 aromatic heterocycles. The first-order valence-electron chi connectivity index (χ1n) is 5.45. The molecular weight excluding hydrogens is 298 g/mol. The van der Waals surface area contributed by atoms with Crippen LogP contribution >= 0.6 is 27.3 Å². The first kappa shape index (κ1) is 9.79. The van der Waals surface area contributed by atoms with Gasteiger partial charge in [0.05, 0.1) is 11.4 Å². The molecular formula is C12H8BrN3S. The summed E-state index contributed by atoms with van der Waals surface area (Å²) in [4.78, 5) is 5.68. The first-order valence-corrected chi connectivity index (χ1v) is 7.06. The molecule has 2 heterocycles. The summed E-state index contributed by atoms with van der Waals surface area (Å²) in [6.45, 7) is 0. The Labute approximate surface area is 110 Å². The molecule has 1 aliphatic rings. The van der Waals surface area contributed by atoms with Gasteiger partial charge >= 0.3 is 0 Å². The van der Waals surface area contributed by atoms with Crippen LogP contribution in [-0.4, -0.2) is 14.6 Å². The molecule has 0 atom stereocenters. The molecule has 0 saturated carbocycles. The van der Waals surface area contributed by atoms with Crippen molar-refractivity contribution in [2.45, 2.75) is 12.8 Å². The van der Waals surface area contributed by atoms with Gasteiger partial charge < -0.3 is 0 Å². The van der Waals surface area contributed by atoms with E-state index in [4.69, 9.17) is 4.98 Å². The number of aromatic nitrogens is 3. The summed E-state index contributed by atoms with van der Waals surface area (Å²) in [5, 5.41) is 4.45. The predicted molar refractivity (Wildman–Crippen MR) is 71.4 cm³/mol. The van der Waals surface area contributed by atoms with Crippen molar-refractivity contribution in [3.05, 3.63) is 39.4 Å². The van der Waals surface area contributed by atoms with Gasteiger partial charge in [0.15, 0.2) is 3.92 Å². The lowest BCUT2D eigenvalue weighted by Crippen LogP contribution is -2.05. The Morgan fingerprint density at radius 1 is 1.24 bits per heavy atom. The van der Waals surface area contributed by atoms with Crippen LogP contribution < -0.4 is 0 Å². The van der Waals surface area contributed by atoms with Gasteiger partial charge in [0.25, 0.3) is 0 Å². The Balaban J connectivity index is 2.07. The zero-order valence-electron chi connectivity index (χ0n) is 8.85. The van der Waals surface area contributed by atoms with Crippen molar-refractivity contribution in [3.63, 3.8) is 0 Å². The molecule has 3 nitrogen and oxygen atoms in total. The maximum atomic E-state index is 4.70. The quantitative estimate of drug-likeness (QED) is 0.638. The molecule has 3 aromatic rings. The average Bonchev–Trinajstić information content (AvgIpc) is 2.85. The fourth-order valence-corrected chi connectivity index (χ4v) is 3.67. The van der Waals surface area contributed by atoms with E-state index in [1.54, 1.807) is 11.3 Å². The summed E-state index contributed by atoms with van der Waals surface area (Å²) in [6, 6.07) is 8.51. The third-order valence-electron chi connectivity index (χ3n) is 3.18. The number of hydrogen-bond donors (Lipinski definition) is 0. The zero-order chi connectivity index (χ0) is 11.4. The lowest BCUT2D eigenvalue weighted by atomic mass is 9.92. The van der Waals surface area contributed by atoms with E-state index in [2.05, 4.69) is 45.3 Å². The van der Waals surface area contributed by atoms with Crippen LogP contribution in [0.4, 0.5) is 0 Å². The summed E-state index contributed by atoms with van der Waals surface area (Å²) in [6.07, 6.45) is 2.09. The number of hydrogen-bond acceptors (Lipinski definition) is 3. The number of rotatable bonds is 0. The number of nitrogens with zero attached hydrogens (tertiary/aromatic N) is 3. The topological polar surface area (TPSA) is 30.2 Å². The molecule has 17 heavy (non-hydrogen) atoms. The van der Waals surface area contributed by atoms with Crippen LogP contribution in [0.15, 0.2) is 28.2 Å². The molecule has 0 unspecified atom stereocenters. The van der Waals surface area contributed by atoms with Crippen molar-refractivity contribution >= 4 is 32.2 Å². The minimum atomic E-state index is 0.890. The number of aryl methyl sites for hydroxylation is 2. The van der Waals surface area contributed by atoms with Gasteiger partial charge in [-0.05, 0) is 34.3 Å². The molecule has 0 spiro atoms. The summed E-state index contributed by atoms with van der Waals surface area (Å²) in [5.74, 6) is 0. The maximum Gasteiger partial charge on any atom is 0.213 e. The summed E-state index contributed by atoms with van der Waals surface area (Å²) < 4.78 is 2.86. The molecule has 84 valence electrons. The molecule has 0 amide bonds. The minimum absolute atomic E-state index is 0.890. The van der Waals surface area contributed by atoms with Gasteiger partial charge in [-0.1, -0.05) is 35.6 Å². The monoisotopic (exact) mass is 305 g/mol. The maximum absolute atomic E-state index is 4.70. The molecule has 5 heteroatoms. The van der Waals surface area contributed by atoms with Gasteiger partial charge in [0.1, 0.15) is 0 Å². The van der Waals surface area contributed by atoms with Crippen LogP contribution in [0.25, 0.3) is 16.2 Å². The van der Waals surface area contributed by atoms with Crippen LogP contribution in [0.1, 0.15) is 11.3 Å². The van der Waals surface area contributed by atoms with Crippen LogP contribution in [0.3, 0.4) is 0 Å². The molecule has 4 rings (SSSR count). The SMILES string of the molecule is Brc1nn2c3c(nc2s1)-c1ccccc1CC3. The number of fused-ring (bicyclic) bond motifs is 5. The minimum Gasteiger partial charge on any atom is -0.217 e. The van der Waals surface area contributed by atoms with Gasteiger partial charge in [-0.3, -0.25) is 0 Å². The molecule has 1 aliphatic carbocycles. The Morgan fingerprint density at radius 2 is 2.12 bits per heavy atom. The van der Waals surface area contributed by atoms with E-state index < -0.39 is 0 Å². The molecule has 0 fully saturated rings. The highest BCUT2D eigenvalue weighted by Gasteiger charge is 2.22. The molecule has 1 aromatic carbocycles. The highest BCUT2D eigenvalue weighted by atomic mass is 79.9. The van der Waals surface area contributed by atoms with Crippen molar-refractivity contribution in [1.29, 1.82) is 0 Å².